The first-order chi connectivity index (χ1) is 21.7. The number of ether oxygens (including phenoxy) is 1. The number of para-hydroxylation sites is 1. The lowest BCUT2D eigenvalue weighted by atomic mass is 9.81. The number of nitrogens with one attached hydrogen (secondary N) is 2. The zero-order valence-electron chi connectivity index (χ0n) is 25.4. The maximum Gasteiger partial charge on any atom is 0.416 e. The lowest BCUT2D eigenvalue weighted by Gasteiger charge is -2.38. The fourth-order valence-electron chi connectivity index (χ4n) is 5.33. The van der Waals surface area contributed by atoms with E-state index in [1.807, 2.05) is 0 Å². The number of carbonyl (C=O) groups is 3. The molecule has 46 heavy (non-hydrogen) atoms. The summed E-state index contributed by atoms with van der Waals surface area (Å²) in [5, 5.41) is 9.97. The van der Waals surface area contributed by atoms with Crippen molar-refractivity contribution in [3.63, 3.8) is 0 Å². The molecule has 0 bridgehead atoms. The molecule has 0 saturated carbocycles. The molecule has 240 valence electrons. The fraction of sp³-hybridized carbons (Fsp3) is 0.273. The largest absolute Gasteiger partial charge is 0.444 e. The van der Waals surface area contributed by atoms with Gasteiger partial charge < -0.3 is 10.1 Å². The van der Waals surface area contributed by atoms with Crippen LogP contribution in [0.3, 0.4) is 0 Å². The molecule has 2 heterocycles. The summed E-state index contributed by atoms with van der Waals surface area (Å²) in [4.78, 5) is 42.2. The van der Waals surface area contributed by atoms with Crippen molar-refractivity contribution in [3.05, 3.63) is 107 Å². The molecule has 3 aromatic carbocycles. The van der Waals surface area contributed by atoms with Crippen LogP contribution in [0, 0.1) is 5.82 Å². The Hall–Kier alpha value is -5.20. The Morgan fingerprint density at radius 2 is 1.63 bits per heavy atom. The van der Waals surface area contributed by atoms with Gasteiger partial charge in [-0.1, -0.05) is 36.4 Å². The average molecular weight is 638 g/mol. The maximum atomic E-state index is 14.3. The average Bonchev–Trinajstić information content (AvgIpc) is 3.35. The smallest absolute Gasteiger partial charge is 0.416 e. The van der Waals surface area contributed by atoms with Crippen LogP contribution in [0.4, 0.5) is 34.0 Å². The van der Waals surface area contributed by atoms with Gasteiger partial charge in [-0.3, -0.25) is 19.8 Å². The summed E-state index contributed by atoms with van der Waals surface area (Å²) in [7, 11) is 0. The molecule has 0 unspecified atom stereocenters. The predicted octanol–water partition coefficient (Wildman–Crippen LogP) is 6.67. The van der Waals surface area contributed by atoms with Crippen LogP contribution >= 0.6 is 0 Å². The first-order valence-corrected chi connectivity index (χ1v) is 14.4. The predicted molar refractivity (Wildman–Crippen MR) is 162 cm³/mol. The maximum absolute atomic E-state index is 14.3. The Balaban J connectivity index is 1.71. The third-order valence-electron chi connectivity index (χ3n) is 7.23. The normalized spacial score (nSPS) is 16.5. The number of fused-ring (bicyclic) bond motifs is 1. The molecule has 0 saturated heterocycles. The molecule has 0 radical (unpaired) electrons. The van der Waals surface area contributed by atoms with Crippen LogP contribution in [0.1, 0.15) is 60.7 Å². The quantitative estimate of drug-likeness (QED) is 0.230. The van der Waals surface area contributed by atoms with Gasteiger partial charge in [-0.2, -0.15) is 13.2 Å². The fourth-order valence-corrected chi connectivity index (χ4v) is 5.33. The van der Waals surface area contributed by atoms with Gasteiger partial charge in [-0.15, -0.1) is 5.10 Å². The Labute approximate surface area is 262 Å². The third kappa shape index (κ3) is 6.58. The van der Waals surface area contributed by atoms with Gasteiger partial charge in [0.2, 0.25) is 0 Å². The molecular weight excluding hydrogens is 606 g/mol. The first kappa shape index (κ1) is 32.2. The third-order valence-corrected chi connectivity index (χ3v) is 7.23. The second kappa shape index (κ2) is 12.3. The topological polar surface area (TPSA) is 106 Å². The van der Waals surface area contributed by atoms with Gasteiger partial charge in [0.1, 0.15) is 23.3 Å². The minimum atomic E-state index is -4.70. The van der Waals surface area contributed by atoms with Crippen molar-refractivity contribution < 1.29 is 36.7 Å². The number of amides is 3. The molecule has 2 atom stereocenters. The number of likely N-dealkylation sites (N-methyl/N-ethyl adjacent to an activating group) is 1. The second-order valence-corrected chi connectivity index (χ2v) is 11.6. The summed E-state index contributed by atoms with van der Waals surface area (Å²) in [6.45, 7) is 6.85. The summed E-state index contributed by atoms with van der Waals surface area (Å²) >= 11 is 0. The number of nitrogens with zero attached hydrogens (tertiary/aromatic N) is 3. The van der Waals surface area contributed by atoms with Crippen LogP contribution < -0.4 is 15.5 Å². The Morgan fingerprint density at radius 3 is 2.24 bits per heavy atom. The second-order valence-electron chi connectivity index (χ2n) is 11.6. The Kier molecular flexibility index (Phi) is 8.61. The molecule has 3 amide bonds. The van der Waals surface area contributed by atoms with Gasteiger partial charge in [0.25, 0.3) is 11.8 Å². The molecule has 0 spiro atoms. The molecule has 0 fully saturated rings. The Morgan fingerprint density at radius 1 is 0.957 bits per heavy atom. The molecule has 1 aromatic heterocycles. The van der Waals surface area contributed by atoms with Crippen LogP contribution in [-0.4, -0.2) is 45.9 Å². The van der Waals surface area contributed by atoms with E-state index in [1.165, 1.54) is 39.9 Å². The van der Waals surface area contributed by atoms with Crippen molar-refractivity contribution in [1.29, 1.82) is 0 Å². The van der Waals surface area contributed by atoms with E-state index in [0.717, 1.165) is 12.1 Å². The van der Waals surface area contributed by atoms with Crippen LogP contribution in [-0.2, 0) is 15.7 Å². The zero-order valence-corrected chi connectivity index (χ0v) is 25.4. The van der Waals surface area contributed by atoms with Crippen molar-refractivity contribution >= 4 is 29.5 Å². The molecule has 5 rings (SSSR count). The molecule has 0 aliphatic carbocycles. The highest BCUT2D eigenvalue weighted by atomic mass is 19.4. The summed E-state index contributed by atoms with van der Waals surface area (Å²) in [5.41, 5.74) is -0.989. The van der Waals surface area contributed by atoms with E-state index in [4.69, 9.17) is 4.74 Å². The SMILES string of the molecule is CCN1C(=O)[C@@H](NC(=O)c2cccc(C(F)(F)F)c2)[C@@H](c2ccc(F)cc2)c2c(NC(=O)OC(C)(C)C)nn(-c3ccccc3)c21. The van der Waals surface area contributed by atoms with Crippen LogP contribution in [0.15, 0.2) is 78.9 Å². The number of carbonyl (C=O) groups excluding carboxylic acids is 3. The summed E-state index contributed by atoms with van der Waals surface area (Å²) in [6, 6.07) is 16.5. The highest BCUT2D eigenvalue weighted by molar-refractivity contribution is 6.06. The van der Waals surface area contributed by atoms with Crippen LogP contribution in [0.5, 0.6) is 0 Å². The summed E-state index contributed by atoms with van der Waals surface area (Å²) in [6.07, 6.45) is -5.54. The van der Waals surface area contributed by atoms with Crippen molar-refractivity contribution in [2.75, 3.05) is 16.8 Å². The molecule has 1 aliphatic heterocycles. The minimum absolute atomic E-state index is 0.00620. The highest BCUT2D eigenvalue weighted by Crippen LogP contribution is 2.45. The van der Waals surface area contributed by atoms with Gasteiger partial charge >= 0.3 is 12.3 Å². The number of rotatable bonds is 6. The van der Waals surface area contributed by atoms with Gasteiger partial charge in [-0.05, 0) is 75.7 Å². The molecule has 9 nitrogen and oxygen atoms in total. The van der Waals surface area contributed by atoms with E-state index >= 15 is 0 Å². The number of alkyl halides is 3. The van der Waals surface area contributed by atoms with E-state index in [1.54, 1.807) is 58.0 Å². The van der Waals surface area contributed by atoms with Crippen molar-refractivity contribution in [2.24, 2.45) is 0 Å². The Bertz CT molecular complexity index is 1770. The van der Waals surface area contributed by atoms with E-state index in [2.05, 4.69) is 15.7 Å². The van der Waals surface area contributed by atoms with E-state index < -0.39 is 53.0 Å². The molecule has 13 heteroatoms. The van der Waals surface area contributed by atoms with Gasteiger partial charge in [0.05, 0.1) is 11.3 Å². The van der Waals surface area contributed by atoms with E-state index in [9.17, 15) is 31.9 Å². The number of anilines is 2. The number of halogens is 4. The number of aromatic nitrogens is 2. The molecular formula is C33H31F4N5O4. The summed E-state index contributed by atoms with van der Waals surface area (Å²) < 4.78 is 61.4. The van der Waals surface area contributed by atoms with Gasteiger partial charge in [0, 0.05) is 23.6 Å². The standard InChI is InChI=1S/C33H31F4N5O4/c1-5-41-29-25(27(39-31(45)46-32(2,3)4)40-42(29)23-12-7-6-8-13-23)24(19-14-16-22(34)17-15-19)26(30(41)44)38-28(43)20-10-9-11-21(18-20)33(35,36)37/h6-18,24,26H,5H2,1-4H3,(H,38,43)(H,39,40,45)/t24-,26-/m0/s1. The number of hydrogen-bond donors (Lipinski definition) is 2. The van der Waals surface area contributed by atoms with Crippen molar-refractivity contribution in [2.45, 2.75) is 51.4 Å². The lowest BCUT2D eigenvalue weighted by Crippen LogP contribution is -2.55. The summed E-state index contributed by atoms with van der Waals surface area (Å²) in [5.74, 6) is -2.87. The highest BCUT2D eigenvalue weighted by Gasteiger charge is 2.47. The monoisotopic (exact) mass is 637 g/mol. The molecule has 4 aromatic rings. The van der Waals surface area contributed by atoms with E-state index in [-0.39, 0.29) is 23.7 Å². The van der Waals surface area contributed by atoms with Crippen molar-refractivity contribution in [1.82, 2.24) is 15.1 Å². The van der Waals surface area contributed by atoms with E-state index in [0.29, 0.717) is 22.9 Å². The van der Waals surface area contributed by atoms with Crippen LogP contribution in [0.25, 0.3) is 5.69 Å². The van der Waals surface area contributed by atoms with Gasteiger partial charge in [-0.25, -0.2) is 13.9 Å². The first-order valence-electron chi connectivity index (χ1n) is 14.4. The molecule has 1 aliphatic rings. The van der Waals surface area contributed by atoms with Crippen LogP contribution in [0.2, 0.25) is 0 Å². The zero-order chi connectivity index (χ0) is 33.4. The van der Waals surface area contributed by atoms with Gasteiger partial charge in [0.15, 0.2) is 5.82 Å². The number of hydrogen-bond acceptors (Lipinski definition) is 5. The lowest BCUT2D eigenvalue weighted by molar-refractivity contribution is -0.137. The number of benzene rings is 3. The molecule has 2 N–H and O–H groups in total. The minimum Gasteiger partial charge on any atom is -0.444 e. The van der Waals surface area contributed by atoms with Crippen molar-refractivity contribution in [3.8, 4) is 5.69 Å².